The molecule has 0 unspecified atom stereocenters. The van der Waals surface area contributed by atoms with Crippen LogP contribution in [0.4, 0.5) is 0 Å². The summed E-state index contributed by atoms with van der Waals surface area (Å²) in [6.07, 6.45) is 7.06. The van der Waals surface area contributed by atoms with E-state index in [4.69, 9.17) is 5.11 Å². The van der Waals surface area contributed by atoms with Gasteiger partial charge in [-0.15, -0.1) is 0 Å². The number of aromatic carboxylic acids is 1. The topological polar surface area (TPSA) is 62.2 Å². The monoisotopic (exact) mass is 208 g/mol. The molecule has 4 heteroatoms. The lowest BCUT2D eigenvalue weighted by atomic mass is 10.2. The molecule has 15 heavy (non-hydrogen) atoms. The van der Waals surface area contributed by atoms with Crippen molar-refractivity contribution in [2.45, 2.75) is 19.3 Å². The van der Waals surface area contributed by atoms with Crippen molar-refractivity contribution >= 4 is 5.97 Å². The van der Waals surface area contributed by atoms with Crippen LogP contribution in [0.1, 0.15) is 29.6 Å². The minimum absolute atomic E-state index is 0.220. The summed E-state index contributed by atoms with van der Waals surface area (Å²) < 4.78 is 0. The van der Waals surface area contributed by atoms with Crippen LogP contribution in [0.3, 0.4) is 0 Å². The standard InChI is InChI=1S/C6H5NO2.C5H11N/c8-6(9)5-2-1-3-7-4-5;1-2-4-6-5-3-1/h1-4H,(H,8,9);6H,1-5H2. The van der Waals surface area contributed by atoms with Crippen molar-refractivity contribution < 1.29 is 9.90 Å². The lowest BCUT2D eigenvalue weighted by molar-refractivity contribution is 0.0696. The quantitative estimate of drug-likeness (QED) is 0.735. The summed E-state index contributed by atoms with van der Waals surface area (Å²) in [5, 5.41) is 11.6. The molecule has 1 aromatic heterocycles. The van der Waals surface area contributed by atoms with Crippen molar-refractivity contribution in [3.63, 3.8) is 0 Å². The molecule has 1 aromatic rings. The Morgan fingerprint density at radius 3 is 2.33 bits per heavy atom. The number of piperidine rings is 1. The number of carboxylic acids is 1. The second-order valence-electron chi connectivity index (χ2n) is 3.36. The van der Waals surface area contributed by atoms with Gasteiger partial charge >= 0.3 is 5.97 Å². The fourth-order valence-electron chi connectivity index (χ4n) is 1.29. The molecule has 2 rings (SSSR count). The van der Waals surface area contributed by atoms with E-state index < -0.39 is 5.97 Å². The molecule has 0 atom stereocenters. The Balaban J connectivity index is 0.000000162. The lowest BCUT2D eigenvalue weighted by Crippen LogP contribution is -2.21. The summed E-state index contributed by atoms with van der Waals surface area (Å²) in [6.45, 7) is 2.50. The molecule has 1 aliphatic rings. The number of aromatic nitrogens is 1. The average molecular weight is 208 g/mol. The highest BCUT2D eigenvalue weighted by Gasteiger charge is 1.97. The van der Waals surface area contributed by atoms with E-state index in [2.05, 4.69) is 10.3 Å². The van der Waals surface area contributed by atoms with E-state index in [9.17, 15) is 4.79 Å². The zero-order chi connectivity index (χ0) is 10.9. The Hall–Kier alpha value is -1.42. The van der Waals surface area contributed by atoms with Crippen molar-refractivity contribution in [3.05, 3.63) is 30.1 Å². The summed E-state index contributed by atoms with van der Waals surface area (Å²) >= 11 is 0. The average Bonchev–Trinajstić information content (AvgIpc) is 2.33. The normalized spacial score (nSPS) is 14.9. The lowest BCUT2D eigenvalue weighted by Gasteiger charge is -2.08. The van der Waals surface area contributed by atoms with Gasteiger partial charge in [-0.1, -0.05) is 6.42 Å². The number of pyridine rings is 1. The van der Waals surface area contributed by atoms with E-state index >= 15 is 0 Å². The molecule has 1 aliphatic heterocycles. The van der Waals surface area contributed by atoms with Crippen molar-refractivity contribution in [1.29, 1.82) is 0 Å². The first-order valence-corrected chi connectivity index (χ1v) is 5.15. The molecular formula is C11H16N2O2. The van der Waals surface area contributed by atoms with Crippen LogP contribution >= 0.6 is 0 Å². The van der Waals surface area contributed by atoms with Crippen molar-refractivity contribution in [2.24, 2.45) is 0 Å². The van der Waals surface area contributed by atoms with Crippen molar-refractivity contribution in [1.82, 2.24) is 10.3 Å². The van der Waals surface area contributed by atoms with Crippen molar-refractivity contribution in [3.8, 4) is 0 Å². The molecule has 1 saturated heterocycles. The highest BCUT2D eigenvalue weighted by Crippen LogP contribution is 1.96. The van der Waals surface area contributed by atoms with E-state index in [1.807, 2.05) is 0 Å². The van der Waals surface area contributed by atoms with Crippen LogP contribution in [0.15, 0.2) is 24.5 Å². The molecule has 2 heterocycles. The third-order valence-electron chi connectivity index (χ3n) is 2.12. The Bertz CT molecular complexity index is 272. The van der Waals surface area contributed by atoms with Gasteiger partial charge in [-0.05, 0) is 38.1 Å². The van der Waals surface area contributed by atoms with E-state index in [-0.39, 0.29) is 5.56 Å². The first kappa shape index (κ1) is 11.7. The SMILES string of the molecule is C1CCNCC1.O=C(O)c1cccnc1. The van der Waals surface area contributed by atoms with Gasteiger partial charge in [0.25, 0.3) is 0 Å². The predicted molar refractivity (Wildman–Crippen MR) is 57.9 cm³/mol. The fraction of sp³-hybridized carbons (Fsp3) is 0.455. The predicted octanol–water partition coefficient (Wildman–Crippen LogP) is 1.54. The van der Waals surface area contributed by atoms with Gasteiger partial charge in [0, 0.05) is 12.4 Å². The van der Waals surface area contributed by atoms with Crippen LogP contribution in [0, 0.1) is 0 Å². The number of nitrogens with zero attached hydrogens (tertiary/aromatic N) is 1. The summed E-state index contributed by atoms with van der Waals surface area (Å²) in [5.74, 6) is -0.942. The maximum atomic E-state index is 10.2. The highest BCUT2D eigenvalue weighted by molar-refractivity contribution is 5.86. The summed E-state index contributed by atoms with van der Waals surface area (Å²) in [6, 6.07) is 3.08. The third kappa shape index (κ3) is 5.12. The molecule has 0 radical (unpaired) electrons. The first-order valence-electron chi connectivity index (χ1n) is 5.15. The molecule has 0 spiro atoms. The van der Waals surface area contributed by atoms with E-state index in [0.29, 0.717) is 0 Å². The van der Waals surface area contributed by atoms with E-state index in [0.717, 1.165) is 0 Å². The number of hydrogen-bond donors (Lipinski definition) is 2. The molecule has 0 aromatic carbocycles. The van der Waals surface area contributed by atoms with E-state index in [1.165, 1.54) is 50.8 Å². The first-order chi connectivity index (χ1) is 7.30. The van der Waals surface area contributed by atoms with E-state index in [1.54, 1.807) is 6.07 Å². The highest BCUT2D eigenvalue weighted by atomic mass is 16.4. The summed E-state index contributed by atoms with van der Waals surface area (Å²) in [5.41, 5.74) is 0.220. The second-order valence-corrected chi connectivity index (χ2v) is 3.36. The van der Waals surface area contributed by atoms with Crippen molar-refractivity contribution in [2.75, 3.05) is 13.1 Å². The summed E-state index contributed by atoms with van der Waals surface area (Å²) in [4.78, 5) is 13.8. The number of carboxylic acid groups (broad SMARTS) is 1. The van der Waals surface area contributed by atoms with Gasteiger partial charge in [0.05, 0.1) is 5.56 Å². The molecule has 4 nitrogen and oxygen atoms in total. The maximum Gasteiger partial charge on any atom is 0.337 e. The largest absolute Gasteiger partial charge is 0.478 e. The van der Waals surface area contributed by atoms with Gasteiger partial charge in [0.2, 0.25) is 0 Å². The molecule has 0 bridgehead atoms. The Labute approximate surface area is 89.3 Å². The van der Waals surface area contributed by atoms with Crippen LogP contribution in [-0.2, 0) is 0 Å². The second kappa shape index (κ2) is 6.95. The zero-order valence-corrected chi connectivity index (χ0v) is 8.65. The Morgan fingerprint density at radius 1 is 1.33 bits per heavy atom. The Morgan fingerprint density at radius 2 is 2.07 bits per heavy atom. The minimum atomic E-state index is -0.942. The van der Waals surface area contributed by atoms with Gasteiger partial charge in [-0.3, -0.25) is 4.98 Å². The minimum Gasteiger partial charge on any atom is -0.478 e. The number of hydrogen-bond acceptors (Lipinski definition) is 3. The summed E-state index contributed by atoms with van der Waals surface area (Å²) in [7, 11) is 0. The molecule has 0 amide bonds. The van der Waals surface area contributed by atoms with Crippen LogP contribution in [-0.4, -0.2) is 29.1 Å². The van der Waals surface area contributed by atoms with Crippen LogP contribution in [0.25, 0.3) is 0 Å². The smallest absolute Gasteiger partial charge is 0.337 e. The molecule has 82 valence electrons. The molecule has 0 saturated carbocycles. The van der Waals surface area contributed by atoms with Gasteiger partial charge < -0.3 is 10.4 Å². The zero-order valence-electron chi connectivity index (χ0n) is 8.65. The van der Waals surface area contributed by atoms with Gasteiger partial charge in [0.1, 0.15) is 0 Å². The molecule has 2 N–H and O–H groups in total. The number of nitrogens with one attached hydrogen (secondary N) is 1. The van der Waals surface area contributed by atoms with Gasteiger partial charge in [-0.2, -0.15) is 0 Å². The van der Waals surface area contributed by atoms with Gasteiger partial charge in [0.15, 0.2) is 0 Å². The third-order valence-corrected chi connectivity index (χ3v) is 2.12. The van der Waals surface area contributed by atoms with Gasteiger partial charge in [-0.25, -0.2) is 4.79 Å². The molecule has 1 fully saturated rings. The number of carbonyl (C=O) groups is 1. The van der Waals surface area contributed by atoms with Crippen LogP contribution in [0.2, 0.25) is 0 Å². The fourth-order valence-corrected chi connectivity index (χ4v) is 1.29. The number of rotatable bonds is 1. The molecule has 0 aliphatic carbocycles. The Kier molecular flexibility index (Phi) is 5.40. The van der Waals surface area contributed by atoms with Crippen LogP contribution in [0.5, 0.6) is 0 Å². The molecular weight excluding hydrogens is 192 g/mol. The van der Waals surface area contributed by atoms with Crippen LogP contribution < -0.4 is 5.32 Å². The maximum absolute atomic E-state index is 10.2.